The Kier molecular flexibility index (Phi) is 4.39. The van der Waals surface area contributed by atoms with Crippen LogP contribution in [0.4, 0.5) is 13.2 Å². The molecular formula is C11H14F3NO2S. The standard InChI is InChI=1S/C11H14F3NO2S/c1-8(6-15)7-18(16,17)10-4-2-9(3-5-10)11(12,13)14/h2-5,8H,6-7,15H2,1H3. The first-order chi connectivity index (χ1) is 8.16. The summed E-state index contributed by atoms with van der Waals surface area (Å²) in [5, 5.41) is 0. The highest BCUT2D eigenvalue weighted by Gasteiger charge is 2.30. The second kappa shape index (κ2) is 5.27. The lowest BCUT2D eigenvalue weighted by molar-refractivity contribution is -0.137. The molecule has 2 N–H and O–H groups in total. The number of benzene rings is 1. The Morgan fingerprint density at radius 2 is 1.72 bits per heavy atom. The normalized spacial score (nSPS) is 14.5. The Morgan fingerprint density at radius 3 is 2.11 bits per heavy atom. The summed E-state index contributed by atoms with van der Waals surface area (Å²) in [6, 6.07) is 3.47. The van der Waals surface area contributed by atoms with Crippen LogP contribution in [0.1, 0.15) is 12.5 Å². The molecule has 1 aromatic rings. The molecule has 1 unspecified atom stereocenters. The van der Waals surface area contributed by atoms with Crippen molar-refractivity contribution in [1.29, 1.82) is 0 Å². The van der Waals surface area contributed by atoms with Gasteiger partial charge in [-0.15, -0.1) is 0 Å². The summed E-state index contributed by atoms with van der Waals surface area (Å²) in [6.07, 6.45) is -4.47. The monoisotopic (exact) mass is 281 g/mol. The summed E-state index contributed by atoms with van der Waals surface area (Å²) in [4.78, 5) is -0.115. The number of hydrogen-bond donors (Lipinski definition) is 1. The van der Waals surface area contributed by atoms with Crippen LogP contribution in [0.3, 0.4) is 0 Å². The molecule has 0 aliphatic carbocycles. The van der Waals surface area contributed by atoms with E-state index in [2.05, 4.69) is 0 Å². The number of halogens is 3. The summed E-state index contributed by atoms with van der Waals surface area (Å²) in [6.45, 7) is 1.88. The fraction of sp³-hybridized carbons (Fsp3) is 0.455. The molecule has 0 spiro atoms. The largest absolute Gasteiger partial charge is 0.416 e. The molecule has 18 heavy (non-hydrogen) atoms. The molecule has 1 aromatic carbocycles. The van der Waals surface area contributed by atoms with E-state index in [-0.39, 0.29) is 23.1 Å². The average molecular weight is 281 g/mol. The molecule has 7 heteroatoms. The van der Waals surface area contributed by atoms with Crippen molar-refractivity contribution < 1.29 is 21.6 Å². The fourth-order valence-electron chi connectivity index (χ4n) is 1.39. The van der Waals surface area contributed by atoms with E-state index in [1.54, 1.807) is 6.92 Å². The Bertz CT molecular complexity index is 494. The summed E-state index contributed by atoms with van der Waals surface area (Å²) >= 11 is 0. The van der Waals surface area contributed by atoms with Gasteiger partial charge in [0.2, 0.25) is 0 Å². The number of rotatable bonds is 4. The molecule has 0 saturated carbocycles. The van der Waals surface area contributed by atoms with Crippen LogP contribution in [0.15, 0.2) is 29.2 Å². The van der Waals surface area contributed by atoms with Crippen LogP contribution in [-0.2, 0) is 16.0 Å². The van der Waals surface area contributed by atoms with Gasteiger partial charge in [0.1, 0.15) is 0 Å². The number of sulfone groups is 1. The third-order valence-corrected chi connectivity index (χ3v) is 4.45. The van der Waals surface area contributed by atoms with E-state index in [0.717, 1.165) is 24.3 Å². The minimum Gasteiger partial charge on any atom is -0.330 e. The minimum atomic E-state index is -4.47. The summed E-state index contributed by atoms with van der Waals surface area (Å²) < 4.78 is 60.6. The van der Waals surface area contributed by atoms with E-state index < -0.39 is 21.6 Å². The van der Waals surface area contributed by atoms with E-state index in [9.17, 15) is 21.6 Å². The van der Waals surface area contributed by atoms with Gasteiger partial charge in [0, 0.05) is 0 Å². The third-order valence-electron chi connectivity index (χ3n) is 2.45. The summed E-state index contributed by atoms with van der Waals surface area (Å²) in [5.74, 6) is -0.410. The first kappa shape index (κ1) is 15.0. The molecule has 0 aliphatic heterocycles. The zero-order valence-corrected chi connectivity index (χ0v) is 10.6. The van der Waals surface area contributed by atoms with Crippen LogP contribution in [0.2, 0.25) is 0 Å². The molecule has 0 bridgehead atoms. The van der Waals surface area contributed by atoms with Crippen molar-refractivity contribution in [2.45, 2.75) is 18.0 Å². The molecule has 0 aromatic heterocycles. The van der Waals surface area contributed by atoms with Crippen LogP contribution >= 0.6 is 0 Å². The summed E-state index contributed by atoms with van der Waals surface area (Å²) in [5.41, 5.74) is 4.46. The van der Waals surface area contributed by atoms with Gasteiger partial charge in [0.15, 0.2) is 9.84 Å². The predicted octanol–water partition coefficient (Wildman–Crippen LogP) is 2.07. The maximum absolute atomic E-state index is 12.3. The first-order valence-electron chi connectivity index (χ1n) is 5.27. The second-order valence-corrected chi connectivity index (χ2v) is 6.18. The van der Waals surface area contributed by atoms with Gasteiger partial charge in [0.25, 0.3) is 0 Å². The van der Waals surface area contributed by atoms with E-state index in [4.69, 9.17) is 5.73 Å². The molecule has 0 radical (unpaired) electrons. The lowest BCUT2D eigenvalue weighted by atomic mass is 10.2. The van der Waals surface area contributed by atoms with Crippen molar-refractivity contribution in [2.75, 3.05) is 12.3 Å². The van der Waals surface area contributed by atoms with Crippen LogP contribution in [0.5, 0.6) is 0 Å². The molecule has 1 atom stereocenters. The van der Waals surface area contributed by atoms with Crippen LogP contribution in [0, 0.1) is 5.92 Å². The smallest absolute Gasteiger partial charge is 0.330 e. The van der Waals surface area contributed by atoms with Gasteiger partial charge >= 0.3 is 6.18 Å². The molecule has 102 valence electrons. The fourth-order valence-corrected chi connectivity index (χ4v) is 3.02. The highest BCUT2D eigenvalue weighted by Crippen LogP contribution is 2.29. The second-order valence-electron chi connectivity index (χ2n) is 4.14. The van der Waals surface area contributed by atoms with Crippen LogP contribution in [-0.4, -0.2) is 20.7 Å². The van der Waals surface area contributed by atoms with Crippen molar-refractivity contribution >= 4 is 9.84 Å². The molecule has 0 aliphatic rings. The lowest BCUT2D eigenvalue weighted by Crippen LogP contribution is -2.21. The average Bonchev–Trinajstić information content (AvgIpc) is 2.27. The number of nitrogens with two attached hydrogens (primary N) is 1. The van der Waals surface area contributed by atoms with Crippen LogP contribution < -0.4 is 5.73 Å². The van der Waals surface area contributed by atoms with Gasteiger partial charge < -0.3 is 5.73 Å². The first-order valence-corrected chi connectivity index (χ1v) is 6.92. The number of alkyl halides is 3. The van der Waals surface area contributed by atoms with Gasteiger partial charge in [-0.25, -0.2) is 8.42 Å². The molecule has 0 saturated heterocycles. The SMILES string of the molecule is CC(CN)CS(=O)(=O)c1ccc(C(F)(F)F)cc1. The lowest BCUT2D eigenvalue weighted by Gasteiger charge is -2.11. The maximum atomic E-state index is 12.3. The Balaban J connectivity index is 2.98. The molecule has 0 fully saturated rings. The van der Waals surface area contributed by atoms with Gasteiger partial charge in [0.05, 0.1) is 16.2 Å². The van der Waals surface area contributed by atoms with E-state index in [0.29, 0.717) is 0 Å². The van der Waals surface area contributed by atoms with Gasteiger partial charge in [-0.3, -0.25) is 0 Å². The highest BCUT2D eigenvalue weighted by atomic mass is 32.2. The van der Waals surface area contributed by atoms with E-state index >= 15 is 0 Å². The molecule has 0 amide bonds. The third kappa shape index (κ3) is 3.71. The minimum absolute atomic E-state index is 0.115. The molecule has 0 heterocycles. The molecule has 1 rings (SSSR count). The molecule has 3 nitrogen and oxygen atoms in total. The van der Waals surface area contributed by atoms with Crippen LogP contribution in [0.25, 0.3) is 0 Å². The predicted molar refractivity (Wildman–Crippen MR) is 61.7 cm³/mol. The van der Waals surface area contributed by atoms with Crippen molar-refractivity contribution in [3.05, 3.63) is 29.8 Å². The Hall–Kier alpha value is -1.08. The zero-order valence-electron chi connectivity index (χ0n) is 9.74. The summed E-state index contributed by atoms with van der Waals surface area (Å²) in [7, 11) is -3.58. The van der Waals surface area contributed by atoms with Gasteiger partial charge in [-0.1, -0.05) is 6.92 Å². The molecular weight excluding hydrogens is 267 g/mol. The number of hydrogen-bond acceptors (Lipinski definition) is 3. The van der Waals surface area contributed by atoms with Gasteiger partial charge in [-0.2, -0.15) is 13.2 Å². The van der Waals surface area contributed by atoms with Crippen molar-refractivity contribution in [1.82, 2.24) is 0 Å². The van der Waals surface area contributed by atoms with Gasteiger partial charge in [-0.05, 0) is 36.7 Å². The van der Waals surface area contributed by atoms with Crippen molar-refractivity contribution in [3.8, 4) is 0 Å². The Labute approximate surface area is 104 Å². The van der Waals surface area contributed by atoms with Crippen molar-refractivity contribution in [3.63, 3.8) is 0 Å². The van der Waals surface area contributed by atoms with E-state index in [1.807, 2.05) is 0 Å². The van der Waals surface area contributed by atoms with Crippen molar-refractivity contribution in [2.24, 2.45) is 11.7 Å². The topological polar surface area (TPSA) is 60.2 Å². The Morgan fingerprint density at radius 1 is 1.22 bits per heavy atom. The highest BCUT2D eigenvalue weighted by molar-refractivity contribution is 7.91. The maximum Gasteiger partial charge on any atom is 0.416 e. The zero-order chi connectivity index (χ0) is 14.0. The quantitative estimate of drug-likeness (QED) is 0.919. The van der Waals surface area contributed by atoms with E-state index in [1.165, 1.54) is 0 Å².